The van der Waals surface area contributed by atoms with Crippen LogP contribution in [0.25, 0.3) is 0 Å². The molecule has 3 atom stereocenters. The predicted octanol–water partition coefficient (Wildman–Crippen LogP) is 4.28. The Bertz CT molecular complexity index is 1110. The van der Waals surface area contributed by atoms with Gasteiger partial charge in [0.15, 0.2) is 17.3 Å². The Balaban J connectivity index is 1.82. The van der Waals surface area contributed by atoms with Crippen LogP contribution in [0.15, 0.2) is 40.7 Å². The molecule has 1 aromatic rings. The van der Waals surface area contributed by atoms with E-state index in [-0.39, 0.29) is 29.3 Å². The lowest BCUT2D eigenvalue weighted by Gasteiger charge is -2.38. The molecule has 0 bridgehead atoms. The maximum Gasteiger partial charge on any atom is 0.337 e. The molecule has 8 heteroatoms. The Hall–Kier alpha value is -3.29. The van der Waals surface area contributed by atoms with Gasteiger partial charge in [-0.3, -0.25) is 9.59 Å². The van der Waals surface area contributed by atoms with Gasteiger partial charge < -0.3 is 24.6 Å². The van der Waals surface area contributed by atoms with Gasteiger partial charge in [-0.25, -0.2) is 4.79 Å². The number of carbonyl (C=O) groups excluding carboxylic acids is 3. The summed E-state index contributed by atoms with van der Waals surface area (Å²) in [6.07, 6.45) is 5.09. The van der Waals surface area contributed by atoms with Gasteiger partial charge in [-0.15, -0.1) is 0 Å². The molecule has 0 aromatic heterocycles. The van der Waals surface area contributed by atoms with E-state index in [4.69, 9.17) is 14.2 Å². The van der Waals surface area contributed by atoms with Crippen LogP contribution < -0.4 is 10.1 Å². The first-order chi connectivity index (χ1) is 17.3. The van der Waals surface area contributed by atoms with Crippen molar-refractivity contribution in [2.75, 3.05) is 13.7 Å². The van der Waals surface area contributed by atoms with Crippen molar-refractivity contribution in [1.82, 2.24) is 5.32 Å². The van der Waals surface area contributed by atoms with Gasteiger partial charge >= 0.3 is 11.9 Å². The number of hydrogen-bond acceptors (Lipinski definition) is 8. The van der Waals surface area contributed by atoms with Crippen LogP contribution in [0.3, 0.4) is 0 Å². The van der Waals surface area contributed by atoms with E-state index in [1.165, 1.54) is 13.2 Å². The minimum Gasteiger partial charge on any atom is -0.504 e. The summed E-state index contributed by atoms with van der Waals surface area (Å²) >= 11 is 0. The number of ether oxygens (including phenoxy) is 3. The SMILES string of the molecule is CCOc1cc([C@@H]2C(C(=O)OC3CCCCC3)=C(C)NC3=C2C(=O)[C@H](C(=O)OC)[C@H](C)C3)ccc1O. The fourth-order valence-corrected chi connectivity index (χ4v) is 5.66. The number of esters is 2. The Labute approximate surface area is 211 Å². The molecule has 0 unspecified atom stereocenters. The summed E-state index contributed by atoms with van der Waals surface area (Å²) < 4.78 is 16.5. The normalized spacial score (nSPS) is 24.7. The maximum atomic E-state index is 13.8. The van der Waals surface area contributed by atoms with E-state index in [9.17, 15) is 19.5 Å². The van der Waals surface area contributed by atoms with Crippen molar-refractivity contribution >= 4 is 17.7 Å². The topological polar surface area (TPSA) is 111 Å². The number of phenols is 1. The average Bonchev–Trinajstić information content (AvgIpc) is 2.85. The molecule has 2 aliphatic carbocycles. The number of rotatable bonds is 6. The zero-order chi connectivity index (χ0) is 26.0. The molecule has 0 saturated heterocycles. The minimum absolute atomic E-state index is 0.0354. The monoisotopic (exact) mass is 497 g/mol. The van der Waals surface area contributed by atoms with Crippen LogP contribution in [0, 0.1) is 11.8 Å². The first-order valence-corrected chi connectivity index (χ1v) is 12.8. The Morgan fingerprint density at radius 3 is 2.56 bits per heavy atom. The highest BCUT2D eigenvalue weighted by molar-refractivity contribution is 6.12. The first-order valence-electron chi connectivity index (χ1n) is 12.8. The molecule has 1 fully saturated rings. The summed E-state index contributed by atoms with van der Waals surface area (Å²) in [4.78, 5) is 40.1. The third kappa shape index (κ3) is 4.86. The number of carbonyl (C=O) groups is 3. The third-order valence-electron chi connectivity index (χ3n) is 7.41. The lowest BCUT2D eigenvalue weighted by atomic mass is 9.69. The number of allylic oxidation sites excluding steroid dienone is 3. The molecular formula is C28H35NO7. The number of methoxy groups -OCH3 is 1. The van der Waals surface area contributed by atoms with Crippen molar-refractivity contribution < 1.29 is 33.7 Å². The van der Waals surface area contributed by atoms with Crippen LogP contribution >= 0.6 is 0 Å². The molecule has 0 radical (unpaired) electrons. The van der Waals surface area contributed by atoms with Crippen molar-refractivity contribution in [1.29, 1.82) is 0 Å². The van der Waals surface area contributed by atoms with E-state index >= 15 is 0 Å². The van der Waals surface area contributed by atoms with E-state index in [0.29, 0.717) is 41.1 Å². The fraction of sp³-hybridized carbons (Fsp3) is 0.536. The molecule has 8 nitrogen and oxygen atoms in total. The lowest BCUT2D eigenvalue weighted by Crippen LogP contribution is -2.43. The highest BCUT2D eigenvalue weighted by Gasteiger charge is 2.47. The predicted molar refractivity (Wildman–Crippen MR) is 132 cm³/mol. The van der Waals surface area contributed by atoms with Crippen LogP contribution in [-0.2, 0) is 23.9 Å². The van der Waals surface area contributed by atoms with Crippen LogP contribution in [-0.4, -0.2) is 42.6 Å². The van der Waals surface area contributed by atoms with E-state index in [1.807, 2.05) is 6.92 Å². The molecule has 1 heterocycles. The third-order valence-corrected chi connectivity index (χ3v) is 7.41. The number of ketones is 1. The molecule has 36 heavy (non-hydrogen) atoms. The molecule has 0 spiro atoms. The number of aromatic hydroxyl groups is 1. The zero-order valence-corrected chi connectivity index (χ0v) is 21.4. The number of hydrogen-bond donors (Lipinski definition) is 2. The molecule has 194 valence electrons. The molecule has 1 aromatic carbocycles. The summed E-state index contributed by atoms with van der Waals surface area (Å²) in [5.74, 6) is -3.21. The second-order valence-corrected chi connectivity index (χ2v) is 9.86. The Morgan fingerprint density at radius 2 is 1.89 bits per heavy atom. The molecule has 4 rings (SSSR count). The van der Waals surface area contributed by atoms with E-state index < -0.39 is 23.8 Å². The number of phenolic OH excluding ortho intramolecular Hbond substituents is 1. The number of Topliss-reactive ketones (excluding diaryl/α,β-unsaturated/α-hetero) is 1. The largest absolute Gasteiger partial charge is 0.504 e. The summed E-state index contributed by atoms with van der Waals surface area (Å²) in [6.45, 7) is 5.80. The minimum atomic E-state index is -0.962. The summed E-state index contributed by atoms with van der Waals surface area (Å²) in [5, 5.41) is 13.6. The van der Waals surface area contributed by atoms with Crippen molar-refractivity contribution in [3.63, 3.8) is 0 Å². The highest BCUT2D eigenvalue weighted by atomic mass is 16.5. The zero-order valence-electron chi connectivity index (χ0n) is 21.4. The number of benzene rings is 1. The van der Waals surface area contributed by atoms with Gasteiger partial charge in [-0.2, -0.15) is 0 Å². The van der Waals surface area contributed by atoms with E-state index in [0.717, 1.165) is 32.1 Å². The van der Waals surface area contributed by atoms with Gasteiger partial charge in [0.05, 0.1) is 19.3 Å². The van der Waals surface area contributed by atoms with Crippen LogP contribution in [0.2, 0.25) is 0 Å². The molecule has 2 N–H and O–H groups in total. The van der Waals surface area contributed by atoms with Crippen molar-refractivity contribution in [2.24, 2.45) is 11.8 Å². The van der Waals surface area contributed by atoms with Crippen molar-refractivity contribution in [3.05, 3.63) is 46.3 Å². The maximum absolute atomic E-state index is 13.8. The van der Waals surface area contributed by atoms with E-state index in [2.05, 4.69) is 5.32 Å². The number of dihydropyridines is 1. The summed E-state index contributed by atoms with van der Waals surface area (Å²) in [7, 11) is 1.27. The molecular weight excluding hydrogens is 462 g/mol. The van der Waals surface area contributed by atoms with Gasteiger partial charge in [0.1, 0.15) is 12.0 Å². The van der Waals surface area contributed by atoms with Gasteiger partial charge in [0, 0.05) is 22.9 Å². The second-order valence-electron chi connectivity index (χ2n) is 9.86. The highest BCUT2D eigenvalue weighted by Crippen LogP contribution is 2.47. The Kier molecular flexibility index (Phi) is 7.71. The van der Waals surface area contributed by atoms with Crippen molar-refractivity contribution in [3.8, 4) is 11.5 Å². The quantitative estimate of drug-likeness (QED) is 0.443. The second kappa shape index (κ2) is 10.8. The molecule has 0 amide bonds. The molecule has 1 aliphatic heterocycles. The van der Waals surface area contributed by atoms with Gasteiger partial charge in [0.25, 0.3) is 0 Å². The van der Waals surface area contributed by atoms with Crippen LogP contribution in [0.5, 0.6) is 11.5 Å². The van der Waals surface area contributed by atoms with Gasteiger partial charge in [-0.05, 0) is 69.6 Å². The molecule has 1 saturated carbocycles. The average molecular weight is 498 g/mol. The fourth-order valence-electron chi connectivity index (χ4n) is 5.66. The van der Waals surface area contributed by atoms with Crippen LogP contribution in [0.1, 0.15) is 70.8 Å². The van der Waals surface area contributed by atoms with Gasteiger partial charge in [-0.1, -0.05) is 19.4 Å². The molecule has 3 aliphatic rings. The van der Waals surface area contributed by atoms with Crippen LogP contribution in [0.4, 0.5) is 0 Å². The smallest absolute Gasteiger partial charge is 0.337 e. The lowest BCUT2D eigenvalue weighted by molar-refractivity contribution is -0.151. The summed E-state index contributed by atoms with van der Waals surface area (Å²) in [5.41, 5.74) is 2.60. The van der Waals surface area contributed by atoms with E-state index in [1.54, 1.807) is 26.0 Å². The Morgan fingerprint density at radius 1 is 1.17 bits per heavy atom. The summed E-state index contributed by atoms with van der Waals surface area (Å²) in [6, 6.07) is 4.83. The first kappa shape index (κ1) is 25.8. The standard InChI is InChI=1S/C28H35NO7/c1-5-35-21-14-17(11-12-20(21)30)24-23(28(33)36-18-9-7-6-8-10-18)16(3)29-19-13-15(2)22(27(32)34-4)26(31)25(19)24/h11-12,14-15,18,22,24,29-30H,5-10,13H2,1-4H3/t15-,22-,24-/m1/s1. The number of nitrogens with one attached hydrogen (secondary N) is 1. The van der Waals surface area contributed by atoms with Crippen molar-refractivity contribution in [2.45, 2.75) is 71.3 Å². The van der Waals surface area contributed by atoms with Gasteiger partial charge in [0.2, 0.25) is 0 Å².